The van der Waals surface area contributed by atoms with Crippen molar-refractivity contribution in [3.8, 4) is 0 Å². The lowest BCUT2D eigenvalue weighted by Crippen LogP contribution is -2.80. The number of carbonyl (C=O) groups is 2. The van der Waals surface area contributed by atoms with Gasteiger partial charge in [0.2, 0.25) is 0 Å². The normalized spacial score (nSPS) is 48.2. The summed E-state index contributed by atoms with van der Waals surface area (Å²) < 4.78 is 12.1. The van der Waals surface area contributed by atoms with Crippen LogP contribution in [0.3, 0.4) is 0 Å². The van der Waals surface area contributed by atoms with Gasteiger partial charge in [0.15, 0.2) is 5.78 Å². The molecule has 1 N–H and O–H groups in total. The molecule has 5 nitrogen and oxygen atoms in total. The SMILES string of the molecule is CC[C@H](CC[C@@H](C)[C@H]1CC[C@H]2[C@@H]3[C@H]4O[C@H](C)[C@@]5(CC[C@H](OC(C)=O)C[C@]5(O)C4=O)[C@H]3CC[C@]12C)C(C)C. The first kappa shape index (κ1) is 27.6. The van der Waals surface area contributed by atoms with Crippen molar-refractivity contribution in [2.24, 2.45) is 52.3 Å². The predicted octanol–water partition coefficient (Wildman–Crippen LogP) is 6.35. The molecule has 0 aromatic heterocycles. The topological polar surface area (TPSA) is 72.8 Å². The van der Waals surface area contributed by atoms with Crippen LogP contribution in [0.2, 0.25) is 0 Å². The lowest BCUT2D eigenvalue weighted by molar-refractivity contribution is -0.320. The standard InChI is InChI=1S/C32H52O5/c1-8-22(18(2)3)10-9-19(4)24-11-12-25-27-26(14-15-30(24,25)7)31-16-13-23(37-21(6)33)17-32(31,35)29(34)28(27)36-20(31)5/h18-20,22-28,35H,8-17H2,1-7H3/t19-,20-,22-,23+,24-,25+,26+,27+,28-,30-,31+,32+/m1/s1. The average Bonchev–Trinajstić information content (AvgIpc) is 3.18. The van der Waals surface area contributed by atoms with Gasteiger partial charge in [0.1, 0.15) is 17.8 Å². The summed E-state index contributed by atoms with van der Waals surface area (Å²) in [6.45, 7) is 15.6. The van der Waals surface area contributed by atoms with E-state index in [4.69, 9.17) is 9.47 Å². The van der Waals surface area contributed by atoms with Gasteiger partial charge in [-0.1, -0.05) is 47.5 Å². The van der Waals surface area contributed by atoms with E-state index in [1.165, 1.54) is 45.4 Å². The van der Waals surface area contributed by atoms with Gasteiger partial charge in [0.05, 0.1) is 6.10 Å². The Balaban J connectivity index is 1.39. The number of ketones is 1. The maximum Gasteiger partial charge on any atom is 0.302 e. The van der Waals surface area contributed by atoms with Crippen LogP contribution >= 0.6 is 0 Å². The van der Waals surface area contributed by atoms with Crippen LogP contribution in [0.15, 0.2) is 0 Å². The molecule has 2 bridgehead atoms. The third kappa shape index (κ3) is 3.90. The van der Waals surface area contributed by atoms with Gasteiger partial charge in [-0.3, -0.25) is 9.59 Å². The van der Waals surface area contributed by atoms with Crippen molar-refractivity contribution in [3.05, 3.63) is 0 Å². The molecule has 0 aromatic rings. The first-order valence-corrected chi connectivity index (χ1v) is 15.5. The van der Waals surface area contributed by atoms with E-state index in [1.807, 2.05) is 0 Å². The highest BCUT2D eigenvalue weighted by Gasteiger charge is 2.77. The van der Waals surface area contributed by atoms with Crippen LogP contribution in [-0.4, -0.2) is 40.8 Å². The minimum absolute atomic E-state index is 0.118. The quantitative estimate of drug-likeness (QED) is 0.399. The molecule has 0 radical (unpaired) electrons. The van der Waals surface area contributed by atoms with E-state index < -0.39 is 17.1 Å². The highest BCUT2D eigenvalue weighted by molar-refractivity contribution is 5.95. The van der Waals surface area contributed by atoms with E-state index in [0.29, 0.717) is 36.5 Å². The van der Waals surface area contributed by atoms with Crippen molar-refractivity contribution < 1.29 is 24.2 Å². The van der Waals surface area contributed by atoms with E-state index in [-0.39, 0.29) is 41.7 Å². The number of esters is 1. The number of hydrogen-bond acceptors (Lipinski definition) is 5. The van der Waals surface area contributed by atoms with Crippen molar-refractivity contribution in [1.82, 2.24) is 0 Å². The smallest absolute Gasteiger partial charge is 0.302 e. The molecule has 4 aliphatic carbocycles. The average molecular weight is 517 g/mol. The summed E-state index contributed by atoms with van der Waals surface area (Å²) in [5.74, 6) is 3.51. The molecule has 6 aliphatic rings. The molecule has 5 heteroatoms. The van der Waals surface area contributed by atoms with Crippen LogP contribution in [0.25, 0.3) is 0 Å². The molecular weight excluding hydrogens is 464 g/mol. The highest BCUT2D eigenvalue weighted by Crippen LogP contribution is 2.72. The van der Waals surface area contributed by atoms with Gasteiger partial charge < -0.3 is 14.6 Å². The third-order valence-electron chi connectivity index (χ3n) is 12.8. The zero-order valence-corrected chi connectivity index (χ0v) is 24.4. The number of aliphatic hydroxyl groups is 1. The molecule has 2 saturated heterocycles. The second-order valence-corrected chi connectivity index (χ2v) is 14.4. The van der Waals surface area contributed by atoms with Gasteiger partial charge in [-0.2, -0.15) is 0 Å². The first-order valence-electron chi connectivity index (χ1n) is 15.5. The van der Waals surface area contributed by atoms with Gasteiger partial charge in [-0.15, -0.1) is 0 Å². The summed E-state index contributed by atoms with van der Waals surface area (Å²) in [5, 5.41) is 12.1. The third-order valence-corrected chi connectivity index (χ3v) is 12.8. The molecule has 0 amide bonds. The summed E-state index contributed by atoms with van der Waals surface area (Å²) in [7, 11) is 0. The Morgan fingerprint density at radius 3 is 2.49 bits per heavy atom. The summed E-state index contributed by atoms with van der Waals surface area (Å²) in [6, 6.07) is 0. The minimum atomic E-state index is -1.44. The van der Waals surface area contributed by atoms with Gasteiger partial charge >= 0.3 is 5.97 Å². The minimum Gasteiger partial charge on any atom is -0.462 e. The van der Waals surface area contributed by atoms with Crippen molar-refractivity contribution in [2.75, 3.05) is 0 Å². The Morgan fingerprint density at radius 2 is 1.84 bits per heavy atom. The maximum atomic E-state index is 14.0. The van der Waals surface area contributed by atoms with Crippen molar-refractivity contribution >= 4 is 11.8 Å². The molecule has 2 aliphatic heterocycles. The molecule has 12 atom stereocenters. The van der Waals surface area contributed by atoms with Crippen molar-refractivity contribution in [1.29, 1.82) is 0 Å². The molecule has 0 unspecified atom stereocenters. The fourth-order valence-corrected chi connectivity index (χ4v) is 11.0. The first-order chi connectivity index (χ1) is 17.4. The molecular formula is C32H52O5. The molecule has 4 saturated carbocycles. The Labute approximate surface area is 224 Å². The predicted molar refractivity (Wildman–Crippen MR) is 144 cm³/mol. The van der Waals surface area contributed by atoms with Crippen LogP contribution in [0.1, 0.15) is 113 Å². The van der Waals surface area contributed by atoms with E-state index in [0.717, 1.165) is 18.3 Å². The van der Waals surface area contributed by atoms with Crippen molar-refractivity contribution in [2.45, 2.75) is 137 Å². The highest BCUT2D eigenvalue weighted by atomic mass is 16.5. The summed E-state index contributed by atoms with van der Waals surface area (Å²) in [5.41, 5.74) is -1.76. The lowest BCUT2D eigenvalue weighted by atomic mass is 9.39. The molecule has 37 heavy (non-hydrogen) atoms. The Morgan fingerprint density at radius 1 is 1.11 bits per heavy atom. The zero-order valence-electron chi connectivity index (χ0n) is 24.4. The fourth-order valence-electron chi connectivity index (χ4n) is 11.0. The number of rotatable bonds is 7. The van der Waals surface area contributed by atoms with Gasteiger partial charge in [-0.25, -0.2) is 0 Å². The Bertz CT molecular complexity index is 900. The van der Waals surface area contributed by atoms with E-state index in [1.54, 1.807) is 0 Å². The fraction of sp³-hybridized carbons (Fsp3) is 0.938. The van der Waals surface area contributed by atoms with Crippen LogP contribution < -0.4 is 0 Å². The number of carbonyl (C=O) groups excluding carboxylic acids is 2. The van der Waals surface area contributed by atoms with E-state index in [9.17, 15) is 14.7 Å². The van der Waals surface area contributed by atoms with Crippen LogP contribution in [-0.2, 0) is 19.1 Å². The van der Waals surface area contributed by atoms with E-state index >= 15 is 0 Å². The van der Waals surface area contributed by atoms with Gasteiger partial charge in [0, 0.05) is 18.8 Å². The van der Waals surface area contributed by atoms with Crippen LogP contribution in [0.4, 0.5) is 0 Å². The van der Waals surface area contributed by atoms with Gasteiger partial charge in [-0.05, 0) is 98.7 Å². The molecule has 2 heterocycles. The maximum absolute atomic E-state index is 14.0. The number of fused-ring (bicyclic) bond motifs is 2. The Hall–Kier alpha value is -0.940. The van der Waals surface area contributed by atoms with E-state index in [2.05, 4.69) is 41.5 Å². The van der Waals surface area contributed by atoms with Crippen LogP contribution in [0, 0.1) is 52.3 Å². The molecule has 1 spiro atoms. The number of Topliss-reactive ketones (excluding diaryl/α,β-unsaturated/α-hetero) is 1. The Kier molecular flexibility index (Phi) is 7.17. The number of ether oxygens (including phenoxy) is 2. The largest absolute Gasteiger partial charge is 0.462 e. The molecule has 6 rings (SSSR count). The van der Waals surface area contributed by atoms with Gasteiger partial charge in [0.25, 0.3) is 0 Å². The van der Waals surface area contributed by atoms with Crippen LogP contribution in [0.5, 0.6) is 0 Å². The number of hydrogen-bond donors (Lipinski definition) is 1. The molecule has 210 valence electrons. The van der Waals surface area contributed by atoms with Crippen molar-refractivity contribution in [3.63, 3.8) is 0 Å². The monoisotopic (exact) mass is 516 g/mol. The summed E-state index contributed by atoms with van der Waals surface area (Å²) in [4.78, 5) is 25.7. The summed E-state index contributed by atoms with van der Waals surface area (Å²) >= 11 is 0. The lowest BCUT2D eigenvalue weighted by Gasteiger charge is -2.70. The second kappa shape index (κ2) is 9.61. The second-order valence-electron chi connectivity index (χ2n) is 14.4. The molecule has 6 fully saturated rings. The summed E-state index contributed by atoms with van der Waals surface area (Å²) in [6.07, 6.45) is 9.15. The molecule has 0 aromatic carbocycles. The zero-order chi connectivity index (χ0) is 26.9.